The van der Waals surface area contributed by atoms with Crippen molar-refractivity contribution in [1.82, 2.24) is 4.90 Å². The van der Waals surface area contributed by atoms with Crippen LogP contribution in [0.4, 0.5) is 4.79 Å². The van der Waals surface area contributed by atoms with Crippen LogP contribution in [0.2, 0.25) is 0 Å². The van der Waals surface area contributed by atoms with Gasteiger partial charge in [-0.25, -0.2) is 9.59 Å². The summed E-state index contributed by atoms with van der Waals surface area (Å²) in [6.45, 7) is 4.77. The van der Waals surface area contributed by atoms with Crippen molar-refractivity contribution in [2.45, 2.75) is 49.8 Å². The molecule has 1 aliphatic rings. The number of aliphatic carboxylic acids is 1. The van der Waals surface area contributed by atoms with Gasteiger partial charge >= 0.3 is 12.1 Å². The molecule has 1 fully saturated rings. The fraction of sp³-hybridized carbons (Fsp3) is 0.500. The molecule has 0 aliphatic carbocycles. The van der Waals surface area contributed by atoms with Gasteiger partial charge in [-0.3, -0.25) is 9.08 Å². The lowest BCUT2D eigenvalue weighted by Gasteiger charge is -2.26. The van der Waals surface area contributed by atoms with Crippen molar-refractivity contribution in [1.29, 1.82) is 0 Å². The van der Waals surface area contributed by atoms with E-state index in [9.17, 15) is 23.1 Å². The number of carboxylic acids is 1. The molecule has 0 radical (unpaired) electrons. The SMILES string of the molecule is CC(C)(C)OC(=O)N1C[C@@H](OS(=O)(=O)c2ccc(Br)cc2)C[C@H]1C(=O)O. The van der Waals surface area contributed by atoms with Crippen LogP contribution in [0.25, 0.3) is 0 Å². The molecule has 0 spiro atoms. The van der Waals surface area contributed by atoms with E-state index in [1.807, 2.05) is 0 Å². The first-order valence-electron chi connectivity index (χ1n) is 7.80. The molecule has 1 aliphatic heterocycles. The second-order valence-electron chi connectivity index (χ2n) is 6.85. The smallest absolute Gasteiger partial charge is 0.411 e. The van der Waals surface area contributed by atoms with Gasteiger partial charge in [-0.2, -0.15) is 8.42 Å². The number of likely N-dealkylation sites (tertiary alicyclic amines) is 1. The van der Waals surface area contributed by atoms with Crippen LogP contribution in [-0.4, -0.2) is 54.8 Å². The highest BCUT2D eigenvalue weighted by molar-refractivity contribution is 9.10. The van der Waals surface area contributed by atoms with Gasteiger partial charge in [0.15, 0.2) is 0 Å². The van der Waals surface area contributed by atoms with Crippen molar-refractivity contribution in [2.24, 2.45) is 0 Å². The molecule has 8 nitrogen and oxygen atoms in total. The molecule has 2 atom stereocenters. The number of carboxylic acid groups (broad SMARTS) is 1. The minimum absolute atomic E-state index is 0.0525. The largest absolute Gasteiger partial charge is 0.480 e. The average Bonchev–Trinajstić information content (AvgIpc) is 2.89. The maximum atomic E-state index is 12.4. The van der Waals surface area contributed by atoms with Crippen molar-refractivity contribution >= 4 is 38.1 Å². The van der Waals surface area contributed by atoms with Gasteiger partial charge in [-0.05, 0) is 45.0 Å². The zero-order valence-corrected chi connectivity index (χ0v) is 16.9. The van der Waals surface area contributed by atoms with Crippen LogP contribution in [0.5, 0.6) is 0 Å². The molecule has 1 N–H and O–H groups in total. The van der Waals surface area contributed by atoms with E-state index in [0.717, 1.165) is 4.90 Å². The van der Waals surface area contributed by atoms with E-state index in [2.05, 4.69) is 15.9 Å². The standard InChI is InChI=1S/C16H20BrNO7S/c1-16(2,3)24-15(21)18-9-11(8-13(18)14(19)20)25-26(22,23)12-6-4-10(17)5-7-12/h4-7,11,13H,8-9H2,1-3H3,(H,19,20)/t11-,13-/m0/s1. The average molecular weight is 450 g/mol. The number of carbonyl (C=O) groups is 2. The van der Waals surface area contributed by atoms with Gasteiger partial charge in [0.2, 0.25) is 0 Å². The Kier molecular flexibility index (Phi) is 5.99. The zero-order chi connectivity index (χ0) is 19.7. The van der Waals surface area contributed by atoms with Gasteiger partial charge in [-0.15, -0.1) is 0 Å². The Morgan fingerprint density at radius 1 is 1.23 bits per heavy atom. The first kappa shape index (κ1) is 20.7. The van der Waals surface area contributed by atoms with Crippen molar-refractivity contribution in [3.8, 4) is 0 Å². The summed E-state index contributed by atoms with van der Waals surface area (Å²) in [7, 11) is -4.09. The highest BCUT2D eigenvalue weighted by atomic mass is 79.9. The van der Waals surface area contributed by atoms with Gasteiger partial charge < -0.3 is 9.84 Å². The van der Waals surface area contributed by atoms with Gasteiger partial charge in [0.05, 0.1) is 17.5 Å². The molecule has 0 unspecified atom stereocenters. The van der Waals surface area contributed by atoms with E-state index in [1.165, 1.54) is 12.1 Å². The molecule has 1 saturated heterocycles. The minimum Gasteiger partial charge on any atom is -0.480 e. The molecule has 0 saturated carbocycles. The van der Waals surface area contributed by atoms with E-state index < -0.39 is 39.9 Å². The Hall–Kier alpha value is -1.65. The van der Waals surface area contributed by atoms with E-state index in [4.69, 9.17) is 8.92 Å². The van der Waals surface area contributed by atoms with Gasteiger partial charge in [0, 0.05) is 10.9 Å². The normalized spacial score (nSPS) is 20.8. The number of hydrogen-bond acceptors (Lipinski definition) is 6. The highest BCUT2D eigenvalue weighted by Gasteiger charge is 2.43. The fourth-order valence-corrected chi connectivity index (χ4v) is 3.80. The lowest BCUT2D eigenvalue weighted by molar-refractivity contribution is -0.142. The topological polar surface area (TPSA) is 110 Å². The molecule has 2 rings (SSSR count). The van der Waals surface area contributed by atoms with Gasteiger partial charge in [0.25, 0.3) is 10.1 Å². The Morgan fingerprint density at radius 3 is 2.31 bits per heavy atom. The Labute approximate surface area is 160 Å². The number of rotatable bonds is 4. The number of benzene rings is 1. The van der Waals surface area contributed by atoms with E-state index in [0.29, 0.717) is 4.47 Å². The first-order valence-corrected chi connectivity index (χ1v) is 10.0. The first-order chi connectivity index (χ1) is 11.9. The fourth-order valence-electron chi connectivity index (χ4n) is 2.46. The lowest BCUT2D eigenvalue weighted by Crippen LogP contribution is -2.43. The number of nitrogens with zero attached hydrogens (tertiary/aromatic N) is 1. The monoisotopic (exact) mass is 449 g/mol. The van der Waals surface area contributed by atoms with Gasteiger partial charge in [-0.1, -0.05) is 15.9 Å². The van der Waals surface area contributed by atoms with E-state index >= 15 is 0 Å². The summed E-state index contributed by atoms with van der Waals surface area (Å²) < 4.78 is 35.8. The molecule has 1 heterocycles. The van der Waals surface area contributed by atoms with Crippen molar-refractivity contribution < 1.29 is 32.0 Å². The summed E-state index contributed by atoms with van der Waals surface area (Å²) in [6, 6.07) is 4.63. The predicted molar refractivity (Wildman–Crippen MR) is 95.2 cm³/mol. The summed E-state index contributed by atoms with van der Waals surface area (Å²) in [4.78, 5) is 24.6. The second kappa shape index (κ2) is 7.53. The molecule has 0 bridgehead atoms. The summed E-state index contributed by atoms with van der Waals surface area (Å²) >= 11 is 3.21. The van der Waals surface area contributed by atoms with Crippen LogP contribution in [0.1, 0.15) is 27.2 Å². The predicted octanol–water partition coefficient (Wildman–Crippen LogP) is 2.62. The van der Waals surface area contributed by atoms with Crippen molar-refractivity contribution in [2.75, 3.05) is 6.54 Å². The third kappa shape index (κ3) is 5.18. The third-order valence-corrected chi connectivity index (χ3v) is 5.44. The Bertz CT molecular complexity index is 786. The maximum absolute atomic E-state index is 12.4. The van der Waals surface area contributed by atoms with E-state index in [-0.39, 0.29) is 17.9 Å². The van der Waals surface area contributed by atoms with Crippen LogP contribution >= 0.6 is 15.9 Å². The summed E-state index contributed by atoms with van der Waals surface area (Å²) in [5.41, 5.74) is -0.803. The molecular weight excluding hydrogens is 430 g/mol. The number of hydrogen-bond donors (Lipinski definition) is 1. The molecule has 1 aromatic carbocycles. The summed E-state index contributed by atoms with van der Waals surface area (Å²) in [6.07, 6.45) is -1.95. The molecule has 26 heavy (non-hydrogen) atoms. The quantitative estimate of drug-likeness (QED) is 0.703. The molecule has 1 amide bonds. The van der Waals surface area contributed by atoms with Crippen molar-refractivity contribution in [3.05, 3.63) is 28.7 Å². The maximum Gasteiger partial charge on any atom is 0.411 e. The lowest BCUT2D eigenvalue weighted by atomic mass is 10.2. The van der Waals surface area contributed by atoms with E-state index in [1.54, 1.807) is 32.9 Å². The van der Waals surface area contributed by atoms with Crippen LogP contribution in [0, 0.1) is 0 Å². The van der Waals surface area contributed by atoms with Crippen LogP contribution < -0.4 is 0 Å². The molecule has 10 heteroatoms. The second-order valence-corrected chi connectivity index (χ2v) is 9.34. The number of carbonyl (C=O) groups excluding carboxylic acids is 1. The highest BCUT2D eigenvalue weighted by Crippen LogP contribution is 2.27. The third-order valence-electron chi connectivity index (χ3n) is 3.54. The molecular formula is C16H20BrNO7S. The number of ether oxygens (including phenoxy) is 1. The Balaban J connectivity index is 2.15. The number of amides is 1. The van der Waals surface area contributed by atoms with Crippen molar-refractivity contribution in [3.63, 3.8) is 0 Å². The zero-order valence-electron chi connectivity index (χ0n) is 14.5. The van der Waals surface area contributed by atoms with Crippen LogP contribution in [-0.2, 0) is 23.8 Å². The molecule has 0 aromatic heterocycles. The van der Waals surface area contributed by atoms with Crippen LogP contribution in [0.15, 0.2) is 33.6 Å². The molecule has 144 valence electrons. The van der Waals surface area contributed by atoms with Crippen LogP contribution in [0.3, 0.4) is 0 Å². The summed E-state index contributed by atoms with van der Waals surface area (Å²) in [5, 5.41) is 9.33. The summed E-state index contributed by atoms with van der Waals surface area (Å²) in [5.74, 6) is -1.25. The minimum atomic E-state index is -4.09. The molecule has 1 aromatic rings. The Morgan fingerprint density at radius 2 is 1.81 bits per heavy atom. The number of halogens is 1. The van der Waals surface area contributed by atoms with Gasteiger partial charge in [0.1, 0.15) is 11.6 Å².